The molecule has 1 N–H and O–H groups in total. The van der Waals surface area contributed by atoms with E-state index in [4.69, 9.17) is 18.9 Å². The lowest BCUT2D eigenvalue weighted by molar-refractivity contribution is -0.144. The second kappa shape index (κ2) is 13.0. The van der Waals surface area contributed by atoms with E-state index < -0.39 is 5.92 Å². The second-order valence-corrected chi connectivity index (χ2v) is 11.8. The van der Waals surface area contributed by atoms with Crippen LogP contribution in [0.3, 0.4) is 0 Å². The van der Waals surface area contributed by atoms with Gasteiger partial charge in [-0.05, 0) is 85.9 Å². The van der Waals surface area contributed by atoms with Gasteiger partial charge in [-0.25, -0.2) is 4.79 Å². The van der Waals surface area contributed by atoms with Crippen LogP contribution in [0.25, 0.3) is 0 Å². The fourth-order valence-corrected chi connectivity index (χ4v) is 6.73. The first-order chi connectivity index (χ1) is 21.4. The Morgan fingerprint density at radius 3 is 2.39 bits per heavy atom. The van der Waals surface area contributed by atoms with Gasteiger partial charge in [0.15, 0.2) is 17.3 Å². The van der Waals surface area contributed by atoms with Gasteiger partial charge in [0.05, 0.1) is 19.8 Å². The average Bonchev–Trinajstić information content (AvgIpc) is 3.56. The molecule has 0 spiro atoms. The molecule has 3 aromatic rings. The van der Waals surface area contributed by atoms with Crippen molar-refractivity contribution in [3.8, 4) is 17.2 Å². The largest absolute Gasteiger partial charge is 0.493 e. The molecule has 0 unspecified atom stereocenters. The lowest BCUT2D eigenvalue weighted by Gasteiger charge is -2.37. The molecular formula is C37H39NO6. The summed E-state index contributed by atoms with van der Waals surface area (Å²) in [4.78, 5) is 28.0. The molecule has 0 bridgehead atoms. The van der Waals surface area contributed by atoms with E-state index in [1.165, 1.54) is 0 Å². The molecule has 1 fully saturated rings. The summed E-state index contributed by atoms with van der Waals surface area (Å²) in [6, 6.07) is 23.6. The highest BCUT2D eigenvalue weighted by Gasteiger charge is 2.42. The first kappa shape index (κ1) is 29.5. The van der Waals surface area contributed by atoms with Crippen LogP contribution in [0.2, 0.25) is 0 Å². The van der Waals surface area contributed by atoms with Gasteiger partial charge in [0.1, 0.15) is 18.5 Å². The number of nitrogens with one attached hydrogen (secondary N) is 1. The van der Waals surface area contributed by atoms with Gasteiger partial charge >= 0.3 is 5.97 Å². The van der Waals surface area contributed by atoms with Crippen molar-refractivity contribution in [1.29, 1.82) is 0 Å². The molecule has 44 heavy (non-hydrogen) atoms. The van der Waals surface area contributed by atoms with Gasteiger partial charge in [-0.1, -0.05) is 48.5 Å². The molecule has 0 amide bonds. The monoisotopic (exact) mass is 593 g/mol. The second-order valence-electron chi connectivity index (χ2n) is 11.8. The Kier molecular flexibility index (Phi) is 8.73. The lowest BCUT2D eigenvalue weighted by atomic mass is 9.71. The molecule has 2 aliphatic carbocycles. The van der Waals surface area contributed by atoms with Crippen molar-refractivity contribution in [1.82, 2.24) is 5.32 Å². The summed E-state index contributed by atoms with van der Waals surface area (Å²) in [7, 11) is 3.22. The maximum Gasteiger partial charge on any atom is 0.337 e. The number of rotatable bonds is 9. The Bertz CT molecular complexity index is 1600. The Hall–Kier alpha value is -4.52. The number of allylic oxidation sites excluding steroid dienone is 3. The summed E-state index contributed by atoms with van der Waals surface area (Å²) in [6.45, 7) is 2.32. The molecule has 3 aromatic carbocycles. The van der Waals surface area contributed by atoms with E-state index in [0.29, 0.717) is 53.5 Å². The van der Waals surface area contributed by atoms with Crippen molar-refractivity contribution in [3.05, 3.63) is 112 Å². The zero-order chi connectivity index (χ0) is 30.6. The third-order valence-corrected chi connectivity index (χ3v) is 8.94. The standard InChI is InChI=1S/C37H39NO6/c1-23-34(37(40)44-28-13-7-8-14-28)35(26-12-9-15-29(18-26)43-22-24-10-5-4-6-11-24)36-30(38-23)19-27(20-31(36)39)25-16-17-32(41-2)33(21-25)42-3/h4-6,9-12,15-18,21,27-28,35,38H,7-8,13-14,19-20,22H2,1-3H3/t27-,35-/m0/s1. The summed E-state index contributed by atoms with van der Waals surface area (Å²) in [5.41, 5.74) is 5.58. The number of dihydropyridines is 1. The van der Waals surface area contributed by atoms with Crippen molar-refractivity contribution >= 4 is 11.8 Å². The molecule has 1 heterocycles. The van der Waals surface area contributed by atoms with Gasteiger partial charge in [0.2, 0.25) is 0 Å². The number of esters is 1. The quantitative estimate of drug-likeness (QED) is 0.264. The molecule has 7 heteroatoms. The topological polar surface area (TPSA) is 83.1 Å². The van der Waals surface area contributed by atoms with Crippen LogP contribution < -0.4 is 19.5 Å². The maximum atomic E-state index is 14.1. The molecule has 6 rings (SSSR count). The predicted octanol–water partition coefficient (Wildman–Crippen LogP) is 7.13. The summed E-state index contributed by atoms with van der Waals surface area (Å²) < 4.78 is 23.2. The summed E-state index contributed by atoms with van der Waals surface area (Å²) in [5, 5.41) is 3.47. The number of hydrogen-bond donors (Lipinski definition) is 1. The van der Waals surface area contributed by atoms with Crippen molar-refractivity contribution in [3.63, 3.8) is 0 Å². The predicted molar refractivity (Wildman–Crippen MR) is 168 cm³/mol. The zero-order valence-corrected chi connectivity index (χ0v) is 25.6. The molecule has 0 radical (unpaired) electrons. The third kappa shape index (κ3) is 6.09. The van der Waals surface area contributed by atoms with Crippen LogP contribution in [0.1, 0.15) is 74.0 Å². The number of ketones is 1. The number of hydrogen-bond acceptors (Lipinski definition) is 7. The molecule has 228 valence electrons. The fraction of sp³-hybridized carbons (Fsp3) is 0.351. The minimum absolute atomic E-state index is 0.0119. The number of Topliss-reactive ketones (excluding diaryl/α,β-unsaturated/α-hetero) is 1. The molecule has 7 nitrogen and oxygen atoms in total. The molecular weight excluding hydrogens is 554 g/mol. The van der Waals surface area contributed by atoms with Gasteiger partial charge in [-0.15, -0.1) is 0 Å². The van der Waals surface area contributed by atoms with Gasteiger partial charge in [-0.2, -0.15) is 0 Å². The molecule has 2 atom stereocenters. The Balaban J connectivity index is 1.35. The van der Waals surface area contributed by atoms with Gasteiger partial charge in [-0.3, -0.25) is 4.79 Å². The van der Waals surface area contributed by atoms with Crippen LogP contribution in [0.4, 0.5) is 0 Å². The highest BCUT2D eigenvalue weighted by molar-refractivity contribution is 6.04. The maximum absolute atomic E-state index is 14.1. The molecule has 1 saturated carbocycles. The van der Waals surface area contributed by atoms with E-state index in [2.05, 4.69) is 5.32 Å². The van der Waals surface area contributed by atoms with Crippen molar-refractivity contribution in [2.75, 3.05) is 14.2 Å². The first-order valence-corrected chi connectivity index (χ1v) is 15.4. The smallest absolute Gasteiger partial charge is 0.337 e. The summed E-state index contributed by atoms with van der Waals surface area (Å²) in [5.74, 6) is 1.01. The Morgan fingerprint density at radius 1 is 0.864 bits per heavy atom. The van der Waals surface area contributed by atoms with E-state index in [1.807, 2.05) is 79.7 Å². The number of methoxy groups -OCH3 is 2. The van der Waals surface area contributed by atoms with E-state index in [0.717, 1.165) is 48.1 Å². The van der Waals surface area contributed by atoms with Crippen LogP contribution in [-0.2, 0) is 20.9 Å². The molecule has 0 aromatic heterocycles. The number of benzene rings is 3. The number of ether oxygens (including phenoxy) is 4. The van der Waals surface area contributed by atoms with Crippen LogP contribution in [-0.4, -0.2) is 32.1 Å². The van der Waals surface area contributed by atoms with Crippen molar-refractivity contribution in [2.24, 2.45) is 0 Å². The van der Waals surface area contributed by atoms with Crippen LogP contribution in [0.5, 0.6) is 17.2 Å². The Morgan fingerprint density at radius 2 is 1.64 bits per heavy atom. The van der Waals surface area contributed by atoms with E-state index >= 15 is 0 Å². The first-order valence-electron chi connectivity index (χ1n) is 15.4. The van der Waals surface area contributed by atoms with E-state index in [9.17, 15) is 9.59 Å². The average molecular weight is 594 g/mol. The van der Waals surface area contributed by atoms with Crippen LogP contribution in [0, 0.1) is 0 Å². The van der Waals surface area contributed by atoms with Crippen LogP contribution in [0.15, 0.2) is 95.3 Å². The number of carbonyl (C=O) groups is 2. The molecule has 1 aliphatic heterocycles. The minimum Gasteiger partial charge on any atom is -0.493 e. The van der Waals surface area contributed by atoms with Crippen molar-refractivity contribution in [2.45, 2.75) is 70.0 Å². The number of carbonyl (C=O) groups excluding carboxylic acids is 2. The Labute approximate surface area is 258 Å². The summed E-state index contributed by atoms with van der Waals surface area (Å²) in [6.07, 6.45) is 4.72. The fourth-order valence-electron chi connectivity index (χ4n) is 6.73. The molecule has 3 aliphatic rings. The van der Waals surface area contributed by atoms with Gasteiger partial charge < -0.3 is 24.3 Å². The highest BCUT2D eigenvalue weighted by Crippen LogP contribution is 2.47. The highest BCUT2D eigenvalue weighted by atomic mass is 16.5. The van der Waals surface area contributed by atoms with Crippen molar-refractivity contribution < 1.29 is 28.5 Å². The third-order valence-electron chi connectivity index (χ3n) is 8.94. The van der Waals surface area contributed by atoms with Crippen LogP contribution >= 0.6 is 0 Å². The SMILES string of the molecule is COc1ccc([C@@H]2CC(=O)C3=C(C2)NC(C)=C(C(=O)OC2CCCC2)[C@@H]3c2cccc(OCc3ccccc3)c2)cc1OC. The zero-order valence-electron chi connectivity index (χ0n) is 25.6. The van der Waals surface area contributed by atoms with Gasteiger partial charge in [0.25, 0.3) is 0 Å². The van der Waals surface area contributed by atoms with E-state index in [1.54, 1.807) is 14.2 Å². The van der Waals surface area contributed by atoms with E-state index in [-0.39, 0.29) is 23.8 Å². The minimum atomic E-state index is -0.556. The normalized spacial score (nSPS) is 20.2. The lowest BCUT2D eigenvalue weighted by Crippen LogP contribution is -2.36. The molecule has 0 saturated heterocycles. The van der Waals surface area contributed by atoms with Gasteiger partial charge in [0, 0.05) is 29.3 Å². The summed E-state index contributed by atoms with van der Waals surface area (Å²) >= 11 is 0.